The van der Waals surface area contributed by atoms with E-state index in [-0.39, 0.29) is 26.9 Å². The second kappa shape index (κ2) is 7.06. The lowest BCUT2D eigenvalue weighted by molar-refractivity contribution is -0.384. The van der Waals surface area contributed by atoms with Gasteiger partial charge in [0.25, 0.3) is 11.6 Å². The first-order valence-electron chi connectivity index (χ1n) is 7.05. The van der Waals surface area contributed by atoms with E-state index in [0.717, 1.165) is 35.8 Å². The van der Waals surface area contributed by atoms with Crippen LogP contribution in [0.2, 0.25) is 5.02 Å². The first kappa shape index (κ1) is 17.8. The fraction of sp³-hybridized carbons (Fsp3) is 0. The maximum atomic E-state index is 13.3. The second-order valence-electron chi connectivity index (χ2n) is 5.09. The van der Waals surface area contributed by atoms with Gasteiger partial charge in [0.05, 0.1) is 16.2 Å². The Morgan fingerprint density at radius 2 is 2.12 bits per heavy atom. The number of hydrogen-bond acceptors (Lipinski definition) is 6. The van der Waals surface area contributed by atoms with Crippen LogP contribution in [0.1, 0.15) is 15.2 Å². The zero-order valence-electron chi connectivity index (χ0n) is 12.8. The summed E-state index contributed by atoms with van der Waals surface area (Å²) in [6, 6.07) is 7.39. The van der Waals surface area contributed by atoms with E-state index < -0.39 is 16.6 Å². The van der Waals surface area contributed by atoms with Crippen LogP contribution in [0.3, 0.4) is 0 Å². The third-order valence-electron chi connectivity index (χ3n) is 3.39. The number of phenolic OH excluding ortho intramolecular Hbond substituents is 1. The van der Waals surface area contributed by atoms with E-state index in [1.54, 1.807) is 0 Å². The number of benzene rings is 2. The number of nitrogens with one attached hydrogen (secondary N) is 1. The summed E-state index contributed by atoms with van der Waals surface area (Å²) in [5.74, 6) is -1.30. The first-order chi connectivity index (χ1) is 12.4. The largest absolute Gasteiger partial charge is 0.507 e. The summed E-state index contributed by atoms with van der Waals surface area (Å²) in [7, 11) is 0. The summed E-state index contributed by atoms with van der Waals surface area (Å²) in [5.41, 5.74) is 2.05. The molecule has 0 aliphatic heterocycles. The molecule has 0 bridgehead atoms. The number of nitro benzene ring substituents is 1. The molecule has 0 saturated heterocycles. The van der Waals surface area contributed by atoms with Gasteiger partial charge in [-0.3, -0.25) is 14.9 Å². The van der Waals surface area contributed by atoms with Crippen LogP contribution in [0.4, 0.5) is 10.1 Å². The number of nitro groups is 1. The molecule has 0 aliphatic rings. The Labute approximate surface area is 154 Å². The van der Waals surface area contributed by atoms with E-state index in [0.29, 0.717) is 10.1 Å². The predicted octanol–water partition coefficient (Wildman–Crippen LogP) is 4.07. The van der Waals surface area contributed by atoms with E-state index in [1.807, 2.05) is 0 Å². The summed E-state index contributed by atoms with van der Waals surface area (Å²) in [6.07, 6.45) is 1.07. The molecule has 0 fully saturated rings. The Balaban J connectivity index is 1.81. The van der Waals surface area contributed by atoms with Crippen LogP contribution in [0, 0.1) is 15.9 Å². The molecule has 1 heterocycles. The van der Waals surface area contributed by atoms with Crippen LogP contribution in [-0.4, -0.2) is 22.2 Å². The van der Waals surface area contributed by atoms with Crippen molar-refractivity contribution in [3.8, 4) is 5.75 Å². The van der Waals surface area contributed by atoms with Crippen LogP contribution in [0.25, 0.3) is 10.1 Å². The number of amides is 1. The van der Waals surface area contributed by atoms with Crippen molar-refractivity contribution in [1.82, 2.24) is 5.43 Å². The normalized spacial score (nSPS) is 11.2. The lowest BCUT2D eigenvalue weighted by Gasteiger charge is -2.00. The summed E-state index contributed by atoms with van der Waals surface area (Å²) >= 11 is 7.15. The molecule has 132 valence electrons. The summed E-state index contributed by atoms with van der Waals surface area (Å²) in [6.45, 7) is 0. The predicted molar refractivity (Wildman–Crippen MR) is 96.6 cm³/mol. The minimum absolute atomic E-state index is 0.0593. The van der Waals surface area contributed by atoms with Crippen molar-refractivity contribution in [3.63, 3.8) is 0 Å². The fourth-order valence-electron chi connectivity index (χ4n) is 2.16. The molecule has 0 spiro atoms. The molecule has 2 aromatic carbocycles. The van der Waals surface area contributed by atoms with E-state index in [9.17, 15) is 24.4 Å². The number of aromatic hydroxyl groups is 1. The van der Waals surface area contributed by atoms with Gasteiger partial charge in [-0.1, -0.05) is 11.6 Å². The van der Waals surface area contributed by atoms with E-state index >= 15 is 0 Å². The van der Waals surface area contributed by atoms with Crippen molar-refractivity contribution < 1.29 is 19.2 Å². The van der Waals surface area contributed by atoms with E-state index in [2.05, 4.69) is 10.5 Å². The highest BCUT2D eigenvalue weighted by Gasteiger charge is 2.17. The lowest BCUT2D eigenvalue weighted by atomic mass is 10.2. The molecular weight excluding hydrogens is 385 g/mol. The SMILES string of the molecule is O=C(N/N=C/c1cc([N+](=O)[O-])ccc1O)c1sc2cc(F)ccc2c1Cl. The number of rotatable bonds is 4. The molecule has 3 aromatic rings. The van der Waals surface area contributed by atoms with Gasteiger partial charge in [-0.15, -0.1) is 11.3 Å². The number of hydrogen-bond donors (Lipinski definition) is 2. The average molecular weight is 394 g/mol. The molecular formula is C16H9ClFN3O4S. The quantitative estimate of drug-likeness (QED) is 0.396. The van der Waals surface area contributed by atoms with Crippen molar-refractivity contribution in [2.75, 3.05) is 0 Å². The number of hydrazone groups is 1. The van der Waals surface area contributed by atoms with Crippen LogP contribution in [-0.2, 0) is 0 Å². The highest BCUT2D eigenvalue weighted by molar-refractivity contribution is 7.21. The number of fused-ring (bicyclic) bond motifs is 1. The van der Waals surface area contributed by atoms with Crippen LogP contribution in [0.5, 0.6) is 5.75 Å². The minimum atomic E-state index is -0.627. The monoisotopic (exact) mass is 393 g/mol. The number of nitrogens with zero attached hydrogens (tertiary/aromatic N) is 2. The van der Waals surface area contributed by atoms with E-state index in [4.69, 9.17) is 11.6 Å². The number of non-ortho nitro benzene ring substituents is 1. The third kappa shape index (κ3) is 3.48. The van der Waals surface area contributed by atoms with Crippen molar-refractivity contribution in [1.29, 1.82) is 0 Å². The molecule has 7 nitrogen and oxygen atoms in total. The van der Waals surface area contributed by atoms with Crippen molar-refractivity contribution in [2.45, 2.75) is 0 Å². The molecule has 1 amide bonds. The number of phenols is 1. The lowest BCUT2D eigenvalue weighted by Crippen LogP contribution is -2.16. The van der Waals surface area contributed by atoms with Gasteiger partial charge in [0.2, 0.25) is 0 Å². The van der Waals surface area contributed by atoms with Crippen LogP contribution >= 0.6 is 22.9 Å². The third-order valence-corrected chi connectivity index (χ3v) is 5.05. The molecule has 0 aliphatic carbocycles. The summed E-state index contributed by atoms with van der Waals surface area (Å²) in [4.78, 5) is 22.5. The Bertz CT molecular complexity index is 1070. The number of carbonyl (C=O) groups excluding carboxylic acids is 1. The van der Waals surface area contributed by atoms with Gasteiger partial charge < -0.3 is 5.11 Å². The topological polar surface area (TPSA) is 105 Å². The molecule has 0 saturated carbocycles. The molecule has 0 atom stereocenters. The second-order valence-corrected chi connectivity index (χ2v) is 6.52. The maximum absolute atomic E-state index is 13.3. The maximum Gasteiger partial charge on any atom is 0.283 e. The van der Waals surface area contributed by atoms with Crippen LogP contribution in [0.15, 0.2) is 41.5 Å². The van der Waals surface area contributed by atoms with Gasteiger partial charge in [0, 0.05) is 27.8 Å². The zero-order valence-corrected chi connectivity index (χ0v) is 14.3. The molecule has 1 aromatic heterocycles. The summed E-state index contributed by atoms with van der Waals surface area (Å²) < 4.78 is 13.8. The van der Waals surface area contributed by atoms with Gasteiger partial charge in [0.15, 0.2) is 0 Å². The summed E-state index contributed by atoms with van der Waals surface area (Å²) in [5, 5.41) is 24.8. The molecule has 26 heavy (non-hydrogen) atoms. The minimum Gasteiger partial charge on any atom is -0.507 e. The average Bonchev–Trinajstić information content (AvgIpc) is 2.92. The van der Waals surface area contributed by atoms with E-state index in [1.165, 1.54) is 18.2 Å². The Kier molecular flexibility index (Phi) is 4.83. The highest BCUT2D eigenvalue weighted by atomic mass is 35.5. The molecule has 0 unspecified atom stereocenters. The number of carbonyl (C=O) groups is 1. The van der Waals surface area contributed by atoms with Gasteiger partial charge in [-0.05, 0) is 24.3 Å². The smallest absolute Gasteiger partial charge is 0.283 e. The van der Waals surface area contributed by atoms with Crippen molar-refractivity contribution in [3.05, 3.63) is 67.8 Å². The fourth-order valence-corrected chi connectivity index (χ4v) is 3.59. The number of halogens is 2. The van der Waals surface area contributed by atoms with Crippen molar-refractivity contribution >= 4 is 50.8 Å². The van der Waals surface area contributed by atoms with Crippen molar-refractivity contribution in [2.24, 2.45) is 5.10 Å². The highest BCUT2D eigenvalue weighted by Crippen LogP contribution is 2.35. The van der Waals surface area contributed by atoms with Gasteiger partial charge in [-0.25, -0.2) is 9.82 Å². The zero-order chi connectivity index (χ0) is 18.8. The Hall–Kier alpha value is -3.04. The van der Waals surface area contributed by atoms with Gasteiger partial charge >= 0.3 is 0 Å². The standard InChI is InChI=1S/C16H9ClFN3O4S/c17-14-11-3-1-9(18)6-13(11)26-15(14)16(23)20-19-7-8-5-10(21(24)25)2-4-12(8)22/h1-7,22H,(H,20,23)/b19-7+. The van der Waals surface area contributed by atoms with Gasteiger partial charge in [0.1, 0.15) is 16.4 Å². The molecule has 2 N–H and O–H groups in total. The molecule has 10 heteroatoms. The van der Waals surface area contributed by atoms with Gasteiger partial charge in [-0.2, -0.15) is 5.10 Å². The first-order valence-corrected chi connectivity index (χ1v) is 8.24. The molecule has 0 radical (unpaired) electrons. The molecule has 3 rings (SSSR count). The Morgan fingerprint density at radius 1 is 1.35 bits per heavy atom. The Morgan fingerprint density at radius 3 is 2.85 bits per heavy atom. The number of thiophene rings is 1. The van der Waals surface area contributed by atoms with Crippen LogP contribution < -0.4 is 5.43 Å².